The van der Waals surface area contributed by atoms with Crippen LogP contribution in [0.3, 0.4) is 0 Å². The summed E-state index contributed by atoms with van der Waals surface area (Å²) in [5.41, 5.74) is 0.140. The molecule has 0 radical (unpaired) electrons. The summed E-state index contributed by atoms with van der Waals surface area (Å²) in [7, 11) is 0. The summed E-state index contributed by atoms with van der Waals surface area (Å²) in [5, 5.41) is 10.6. The largest absolute Gasteiger partial charge is 0.436 e. The maximum absolute atomic E-state index is 13.3. The molecule has 12 heteroatoms. The molecule has 0 atom stereocenters. The van der Waals surface area contributed by atoms with Crippen LogP contribution in [0.1, 0.15) is 42.1 Å². The fourth-order valence-corrected chi connectivity index (χ4v) is 4.37. The van der Waals surface area contributed by atoms with Crippen LogP contribution in [0, 0.1) is 5.82 Å². The molecule has 1 saturated carbocycles. The molecule has 0 bridgehead atoms. The third-order valence-corrected chi connectivity index (χ3v) is 5.98. The first-order valence-corrected chi connectivity index (χ1v) is 10.9. The Labute approximate surface area is 193 Å². The fourth-order valence-electron chi connectivity index (χ4n) is 3.34. The van der Waals surface area contributed by atoms with Crippen LogP contribution in [0.15, 0.2) is 34.9 Å². The van der Waals surface area contributed by atoms with Gasteiger partial charge < -0.3 is 5.32 Å². The van der Waals surface area contributed by atoms with Gasteiger partial charge in [0.15, 0.2) is 11.5 Å². The molecular weight excluding hydrogens is 518 g/mol. The van der Waals surface area contributed by atoms with Gasteiger partial charge in [0.1, 0.15) is 10.8 Å². The lowest BCUT2D eigenvalue weighted by molar-refractivity contribution is -0.142. The minimum absolute atomic E-state index is 0.00371. The van der Waals surface area contributed by atoms with E-state index in [1.165, 1.54) is 27.7 Å². The van der Waals surface area contributed by atoms with E-state index in [9.17, 15) is 22.4 Å². The number of nitrogens with zero attached hydrogens (tertiary/aromatic N) is 4. The van der Waals surface area contributed by atoms with Crippen LogP contribution in [-0.2, 0) is 24.1 Å². The van der Waals surface area contributed by atoms with E-state index >= 15 is 0 Å². The first-order valence-electron chi connectivity index (χ1n) is 9.72. The summed E-state index contributed by atoms with van der Waals surface area (Å²) < 4.78 is 55.6. The summed E-state index contributed by atoms with van der Waals surface area (Å²) in [5.74, 6) is -0.722. The van der Waals surface area contributed by atoms with Crippen molar-refractivity contribution >= 4 is 39.3 Å². The molecule has 1 aliphatic carbocycles. The first kappa shape index (κ1) is 22.8. The topological polar surface area (TPSA) is 64.7 Å². The van der Waals surface area contributed by atoms with Crippen LogP contribution >= 0.6 is 27.5 Å². The number of carbonyl (C=O) groups excluding carboxylic acids is 1. The average molecular weight is 535 g/mol. The van der Waals surface area contributed by atoms with E-state index in [1.807, 2.05) is 0 Å². The zero-order chi connectivity index (χ0) is 23.0. The molecule has 1 amide bonds. The van der Waals surface area contributed by atoms with Gasteiger partial charge in [0, 0.05) is 18.5 Å². The van der Waals surface area contributed by atoms with Gasteiger partial charge in [0.05, 0.1) is 23.3 Å². The van der Waals surface area contributed by atoms with Crippen LogP contribution in [0.25, 0.3) is 0 Å². The number of aryl methyl sites for hydroxylation is 1. The summed E-state index contributed by atoms with van der Waals surface area (Å²) in [6.07, 6.45) is -1.64. The van der Waals surface area contributed by atoms with Crippen molar-refractivity contribution in [2.24, 2.45) is 0 Å². The Morgan fingerprint density at radius 3 is 2.69 bits per heavy atom. The van der Waals surface area contributed by atoms with E-state index in [0.717, 1.165) is 12.8 Å². The molecule has 3 aromatic rings. The summed E-state index contributed by atoms with van der Waals surface area (Å²) in [6, 6.07) is 6.00. The highest BCUT2D eigenvalue weighted by molar-refractivity contribution is 9.10. The fraction of sp³-hybridized carbons (Fsp3) is 0.350. The zero-order valence-electron chi connectivity index (χ0n) is 16.5. The number of amides is 1. The molecule has 0 spiro atoms. The summed E-state index contributed by atoms with van der Waals surface area (Å²) >= 11 is 9.16. The van der Waals surface area contributed by atoms with Crippen LogP contribution in [0.5, 0.6) is 0 Å². The summed E-state index contributed by atoms with van der Waals surface area (Å²) in [6.45, 7) is 0.230. The molecule has 1 N–H and O–H groups in total. The highest BCUT2D eigenvalue weighted by atomic mass is 79.9. The molecule has 1 aromatic carbocycles. The molecule has 0 aliphatic heterocycles. The van der Waals surface area contributed by atoms with Gasteiger partial charge in [0.2, 0.25) is 5.91 Å². The minimum atomic E-state index is -4.59. The molecule has 0 unspecified atom stereocenters. The van der Waals surface area contributed by atoms with Gasteiger partial charge in [-0.25, -0.2) is 4.39 Å². The van der Waals surface area contributed by atoms with Crippen LogP contribution in [-0.4, -0.2) is 25.5 Å². The van der Waals surface area contributed by atoms with Crippen molar-refractivity contribution in [3.05, 3.63) is 62.7 Å². The highest BCUT2D eigenvalue weighted by Gasteiger charge is 2.41. The van der Waals surface area contributed by atoms with Crippen molar-refractivity contribution in [2.45, 2.75) is 44.4 Å². The third kappa shape index (κ3) is 5.15. The number of hydrogen-bond acceptors (Lipinski definition) is 3. The number of rotatable bonds is 7. The lowest BCUT2D eigenvalue weighted by atomic mass is 10.2. The van der Waals surface area contributed by atoms with E-state index in [1.54, 1.807) is 12.1 Å². The predicted octanol–water partition coefficient (Wildman–Crippen LogP) is 5.61. The molecule has 4 rings (SSSR count). The Balaban J connectivity index is 1.41. The lowest BCUT2D eigenvalue weighted by Gasteiger charge is -2.07. The monoisotopic (exact) mass is 533 g/mol. The van der Waals surface area contributed by atoms with Gasteiger partial charge in [0.25, 0.3) is 0 Å². The molecule has 170 valence electrons. The Bertz CT molecular complexity index is 1160. The lowest BCUT2D eigenvalue weighted by Crippen LogP contribution is -2.17. The normalized spacial score (nSPS) is 14.1. The SMILES string of the molecule is O=C(CCn1nc(C(F)(F)F)c(Br)c1C1CC1)Nc1nn(Cc2cccc(F)c2)cc1Cl. The highest BCUT2D eigenvalue weighted by Crippen LogP contribution is 2.47. The molecule has 2 aromatic heterocycles. The molecule has 32 heavy (non-hydrogen) atoms. The van der Waals surface area contributed by atoms with E-state index in [2.05, 4.69) is 31.4 Å². The van der Waals surface area contributed by atoms with Gasteiger partial charge >= 0.3 is 6.18 Å². The van der Waals surface area contributed by atoms with Gasteiger partial charge in [-0.2, -0.15) is 23.4 Å². The molecule has 1 fully saturated rings. The van der Waals surface area contributed by atoms with Crippen molar-refractivity contribution in [1.82, 2.24) is 19.6 Å². The van der Waals surface area contributed by atoms with E-state index in [-0.39, 0.29) is 46.6 Å². The maximum atomic E-state index is 13.3. The number of benzene rings is 1. The van der Waals surface area contributed by atoms with Crippen LogP contribution in [0.4, 0.5) is 23.4 Å². The number of halogens is 6. The van der Waals surface area contributed by atoms with Crippen LogP contribution < -0.4 is 5.32 Å². The summed E-state index contributed by atoms with van der Waals surface area (Å²) in [4.78, 5) is 12.4. The second-order valence-corrected chi connectivity index (χ2v) is 8.69. The number of anilines is 1. The Hall–Kier alpha value is -2.40. The molecule has 0 saturated heterocycles. The molecule has 2 heterocycles. The van der Waals surface area contributed by atoms with Crippen LogP contribution in [0.2, 0.25) is 5.02 Å². The second-order valence-electron chi connectivity index (χ2n) is 7.49. The van der Waals surface area contributed by atoms with Crippen molar-refractivity contribution in [3.8, 4) is 0 Å². The van der Waals surface area contributed by atoms with Crippen molar-refractivity contribution in [2.75, 3.05) is 5.32 Å². The Kier molecular flexibility index (Phi) is 6.30. The minimum Gasteiger partial charge on any atom is -0.308 e. The van der Waals surface area contributed by atoms with E-state index in [0.29, 0.717) is 11.3 Å². The smallest absolute Gasteiger partial charge is 0.308 e. The standard InChI is InChI=1S/C20H17BrClF4N5O/c21-16-17(12-4-5-12)31(28-18(16)20(24,25)26)7-6-15(32)27-19-14(22)10-30(29-19)9-11-2-1-3-13(23)8-11/h1-3,8,10,12H,4-7,9H2,(H,27,29,32). The predicted molar refractivity (Wildman–Crippen MR) is 113 cm³/mol. The Morgan fingerprint density at radius 2 is 2.03 bits per heavy atom. The number of aromatic nitrogens is 4. The number of alkyl halides is 3. The second kappa shape index (κ2) is 8.86. The molecule has 6 nitrogen and oxygen atoms in total. The first-order chi connectivity index (χ1) is 15.1. The third-order valence-electron chi connectivity index (χ3n) is 4.92. The molecular formula is C20H17BrClF4N5O. The van der Waals surface area contributed by atoms with E-state index in [4.69, 9.17) is 11.6 Å². The maximum Gasteiger partial charge on any atom is 0.436 e. The zero-order valence-corrected chi connectivity index (χ0v) is 18.8. The van der Waals surface area contributed by atoms with Gasteiger partial charge in [-0.15, -0.1) is 0 Å². The number of carbonyl (C=O) groups is 1. The number of nitrogens with one attached hydrogen (secondary N) is 1. The Morgan fingerprint density at radius 1 is 1.28 bits per heavy atom. The quantitative estimate of drug-likeness (QED) is 0.401. The number of hydrogen-bond donors (Lipinski definition) is 1. The van der Waals surface area contributed by atoms with E-state index < -0.39 is 17.8 Å². The molecule has 1 aliphatic rings. The average Bonchev–Trinajstić information content (AvgIpc) is 3.39. The van der Waals surface area contributed by atoms with Gasteiger partial charge in [-0.1, -0.05) is 23.7 Å². The van der Waals surface area contributed by atoms with Gasteiger partial charge in [-0.3, -0.25) is 14.2 Å². The van der Waals surface area contributed by atoms with Crippen molar-refractivity contribution in [3.63, 3.8) is 0 Å². The van der Waals surface area contributed by atoms with Crippen molar-refractivity contribution < 1.29 is 22.4 Å². The van der Waals surface area contributed by atoms with Crippen molar-refractivity contribution in [1.29, 1.82) is 0 Å². The van der Waals surface area contributed by atoms with Gasteiger partial charge in [-0.05, 0) is 46.5 Å².